The van der Waals surface area contributed by atoms with Crippen LogP contribution in [0.2, 0.25) is 5.02 Å². The van der Waals surface area contributed by atoms with Crippen molar-refractivity contribution in [3.05, 3.63) is 33.3 Å². The number of nitrogens with zero attached hydrogens (tertiary/aromatic N) is 1. The number of hydrogen-bond acceptors (Lipinski definition) is 1. The second-order valence-electron chi connectivity index (χ2n) is 4.91. The molecule has 0 radical (unpaired) electrons. The highest BCUT2D eigenvalue weighted by Crippen LogP contribution is 2.29. The van der Waals surface area contributed by atoms with Gasteiger partial charge < -0.3 is 4.90 Å². The Balaban J connectivity index is 2.15. The van der Waals surface area contributed by atoms with Gasteiger partial charge in [0, 0.05) is 28.0 Å². The summed E-state index contributed by atoms with van der Waals surface area (Å²) in [6, 6.07) is 5.58. The smallest absolute Gasteiger partial charge is 0.253 e. The molecule has 0 heterocycles. The monoisotopic (exact) mass is 407 g/mol. The zero-order chi connectivity index (χ0) is 14.0. The molecule has 1 aromatic rings. The summed E-state index contributed by atoms with van der Waals surface area (Å²) in [5, 5.41) is 0.621. The highest BCUT2D eigenvalue weighted by molar-refractivity contribution is 9.10. The quantitative estimate of drug-likeness (QED) is 0.638. The Labute approximate surface area is 135 Å². The van der Waals surface area contributed by atoms with Gasteiger partial charge in [-0.1, -0.05) is 40.4 Å². The topological polar surface area (TPSA) is 20.3 Å². The molecule has 19 heavy (non-hydrogen) atoms. The van der Waals surface area contributed by atoms with Crippen molar-refractivity contribution in [1.29, 1.82) is 0 Å². The van der Waals surface area contributed by atoms with Gasteiger partial charge in [0.15, 0.2) is 0 Å². The number of benzene rings is 1. The summed E-state index contributed by atoms with van der Waals surface area (Å²) in [5.41, 5.74) is 0.670. The number of alkyl halides is 1. The van der Waals surface area contributed by atoms with Crippen LogP contribution in [0.25, 0.3) is 0 Å². The predicted octanol–water partition coefficient (Wildman–Crippen LogP) is 4.88. The van der Waals surface area contributed by atoms with Crippen LogP contribution in [-0.2, 0) is 0 Å². The van der Waals surface area contributed by atoms with Crippen molar-refractivity contribution in [2.45, 2.75) is 36.6 Å². The number of rotatable bonds is 2. The van der Waals surface area contributed by atoms with Gasteiger partial charge in [-0.15, -0.1) is 0 Å². The van der Waals surface area contributed by atoms with Crippen LogP contribution in [0.3, 0.4) is 0 Å². The third kappa shape index (κ3) is 3.53. The Bertz CT molecular complexity index is 481. The van der Waals surface area contributed by atoms with E-state index in [4.69, 9.17) is 11.6 Å². The van der Waals surface area contributed by atoms with Crippen molar-refractivity contribution in [3.63, 3.8) is 0 Å². The lowest BCUT2D eigenvalue weighted by atomic mass is 9.94. The fourth-order valence-corrected chi connectivity index (χ4v) is 3.92. The molecule has 2 nitrogen and oxygen atoms in total. The second-order valence-corrected chi connectivity index (χ2v) is 7.35. The van der Waals surface area contributed by atoms with Crippen LogP contribution in [0, 0.1) is 0 Å². The molecule has 1 saturated carbocycles. The van der Waals surface area contributed by atoms with E-state index in [0.717, 1.165) is 17.3 Å². The molecule has 1 aliphatic carbocycles. The largest absolute Gasteiger partial charge is 0.338 e. The zero-order valence-corrected chi connectivity index (χ0v) is 14.6. The summed E-state index contributed by atoms with van der Waals surface area (Å²) >= 11 is 13.0. The molecule has 1 amide bonds. The predicted molar refractivity (Wildman–Crippen MR) is 86.2 cm³/mol. The molecule has 2 rings (SSSR count). The first-order valence-corrected chi connectivity index (χ1v) is 8.45. The van der Waals surface area contributed by atoms with E-state index in [1.165, 1.54) is 12.8 Å². The molecule has 2 atom stereocenters. The maximum absolute atomic E-state index is 12.5. The highest BCUT2D eigenvalue weighted by atomic mass is 79.9. The fourth-order valence-electron chi connectivity index (χ4n) is 2.49. The molecule has 0 aromatic heterocycles. The average molecular weight is 410 g/mol. The van der Waals surface area contributed by atoms with Crippen molar-refractivity contribution in [2.75, 3.05) is 7.05 Å². The van der Waals surface area contributed by atoms with E-state index in [1.54, 1.807) is 18.2 Å². The van der Waals surface area contributed by atoms with Crippen LogP contribution in [-0.4, -0.2) is 28.7 Å². The Hall–Kier alpha value is -0.0600. The van der Waals surface area contributed by atoms with Gasteiger partial charge in [-0.25, -0.2) is 0 Å². The lowest BCUT2D eigenvalue weighted by molar-refractivity contribution is 0.0704. The SMILES string of the molecule is CN(C(=O)c1ccc(Cl)c(Br)c1)C1CCCCC1Br. The molecule has 5 heteroatoms. The molecule has 1 fully saturated rings. The molecule has 0 N–H and O–H groups in total. The Morgan fingerprint density at radius 2 is 2.05 bits per heavy atom. The number of carbonyl (C=O) groups is 1. The van der Waals surface area contributed by atoms with Crippen molar-refractivity contribution >= 4 is 49.4 Å². The first-order chi connectivity index (χ1) is 9.00. The molecule has 0 aliphatic heterocycles. The number of amides is 1. The number of carbonyl (C=O) groups excluding carboxylic acids is 1. The molecule has 1 aliphatic rings. The summed E-state index contributed by atoms with van der Waals surface area (Å²) in [4.78, 5) is 14.7. The first-order valence-electron chi connectivity index (χ1n) is 6.37. The Kier molecular flexibility index (Phi) is 5.32. The van der Waals surface area contributed by atoms with Crippen LogP contribution in [0.15, 0.2) is 22.7 Å². The van der Waals surface area contributed by atoms with E-state index >= 15 is 0 Å². The molecule has 1 aromatic carbocycles. The summed E-state index contributed by atoms with van der Waals surface area (Å²) in [5.74, 6) is 0.0497. The van der Waals surface area contributed by atoms with Gasteiger partial charge in [-0.05, 0) is 47.0 Å². The second kappa shape index (κ2) is 6.59. The summed E-state index contributed by atoms with van der Waals surface area (Å²) in [6.07, 6.45) is 4.62. The summed E-state index contributed by atoms with van der Waals surface area (Å²) < 4.78 is 0.757. The maximum Gasteiger partial charge on any atom is 0.253 e. The summed E-state index contributed by atoms with van der Waals surface area (Å²) in [6.45, 7) is 0. The van der Waals surface area contributed by atoms with Crippen LogP contribution < -0.4 is 0 Å². The number of hydrogen-bond donors (Lipinski definition) is 0. The van der Waals surface area contributed by atoms with Crippen molar-refractivity contribution in [2.24, 2.45) is 0 Å². The maximum atomic E-state index is 12.5. The standard InChI is InChI=1S/C14H16Br2ClNO/c1-18(13-5-3-2-4-10(13)15)14(19)9-6-7-12(17)11(16)8-9/h6-8,10,13H,2-5H2,1H3. The van der Waals surface area contributed by atoms with E-state index in [1.807, 2.05) is 11.9 Å². The normalized spacial score (nSPS) is 23.2. The van der Waals surface area contributed by atoms with Crippen molar-refractivity contribution < 1.29 is 4.79 Å². The van der Waals surface area contributed by atoms with E-state index in [9.17, 15) is 4.79 Å². The first kappa shape index (κ1) is 15.3. The van der Waals surface area contributed by atoms with Gasteiger partial charge in [0.05, 0.1) is 5.02 Å². The van der Waals surface area contributed by atoms with Crippen molar-refractivity contribution in [1.82, 2.24) is 4.90 Å². The molecular weight excluding hydrogens is 393 g/mol. The van der Waals surface area contributed by atoms with E-state index in [2.05, 4.69) is 31.9 Å². The minimum Gasteiger partial charge on any atom is -0.338 e. The minimum atomic E-state index is 0.0497. The average Bonchev–Trinajstić information content (AvgIpc) is 2.41. The van der Waals surface area contributed by atoms with Crippen LogP contribution in [0.1, 0.15) is 36.0 Å². The van der Waals surface area contributed by atoms with Crippen LogP contribution >= 0.6 is 43.5 Å². The van der Waals surface area contributed by atoms with E-state index in [-0.39, 0.29) is 11.9 Å². The van der Waals surface area contributed by atoms with Gasteiger partial charge >= 0.3 is 0 Å². The molecular formula is C14H16Br2ClNO. The third-order valence-corrected chi connectivity index (χ3v) is 5.91. The van der Waals surface area contributed by atoms with E-state index < -0.39 is 0 Å². The molecule has 104 valence electrons. The highest BCUT2D eigenvalue weighted by Gasteiger charge is 2.29. The lowest BCUT2D eigenvalue weighted by Gasteiger charge is -2.35. The van der Waals surface area contributed by atoms with Gasteiger partial charge in [0.25, 0.3) is 5.91 Å². The van der Waals surface area contributed by atoms with Gasteiger partial charge in [-0.2, -0.15) is 0 Å². The molecule has 0 spiro atoms. The summed E-state index contributed by atoms with van der Waals surface area (Å²) in [7, 11) is 1.88. The van der Waals surface area contributed by atoms with Crippen LogP contribution in [0.5, 0.6) is 0 Å². The van der Waals surface area contributed by atoms with Crippen molar-refractivity contribution in [3.8, 4) is 0 Å². The van der Waals surface area contributed by atoms with E-state index in [0.29, 0.717) is 15.4 Å². The molecule has 0 saturated heterocycles. The Morgan fingerprint density at radius 3 is 2.68 bits per heavy atom. The third-order valence-electron chi connectivity index (χ3n) is 3.63. The number of halogens is 3. The minimum absolute atomic E-state index is 0.0497. The zero-order valence-electron chi connectivity index (χ0n) is 10.7. The fraction of sp³-hybridized carbons (Fsp3) is 0.500. The van der Waals surface area contributed by atoms with Gasteiger partial charge in [-0.3, -0.25) is 4.79 Å². The Morgan fingerprint density at radius 1 is 1.37 bits per heavy atom. The van der Waals surface area contributed by atoms with Gasteiger partial charge in [0.1, 0.15) is 0 Å². The molecule has 0 bridgehead atoms. The van der Waals surface area contributed by atoms with Crippen LogP contribution in [0.4, 0.5) is 0 Å². The molecule has 2 unspecified atom stereocenters. The lowest BCUT2D eigenvalue weighted by Crippen LogP contribution is -2.44. The van der Waals surface area contributed by atoms with Gasteiger partial charge in [0.2, 0.25) is 0 Å².